The van der Waals surface area contributed by atoms with Gasteiger partial charge in [0.05, 0.1) is 11.5 Å². The van der Waals surface area contributed by atoms with Crippen LogP contribution in [0.15, 0.2) is 36.5 Å². The van der Waals surface area contributed by atoms with E-state index < -0.39 is 9.84 Å². The van der Waals surface area contributed by atoms with Crippen LogP contribution in [0, 0.1) is 13.8 Å². The van der Waals surface area contributed by atoms with Gasteiger partial charge in [-0.3, -0.25) is 4.79 Å². The van der Waals surface area contributed by atoms with E-state index in [9.17, 15) is 13.2 Å². The van der Waals surface area contributed by atoms with Crippen LogP contribution in [0.1, 0.15) is 34.8 Å². The van der Waals surface area contributed by atoms with Crippen molar-refractivity contribution in [3.63, 3.8) is 0 Å². The van der Waals surface area contributed by atoms with Gasteiger partial charge in [0.2, 0.25) is 0 Å². The van der Waals surface area contributed by atoms with E-state index in [1.807, 2.05) is 37.8 Å². The zero-order valence-electron chi connectivity index (χ0n) is 15.9. The lowest BCUT2D eigenvalue weighted by Crippen LogP contribution is -2.36. The average Bonchev–Trinajstić information content (AvgIpc) is 2.94. The van der Waals surface area contributed by atoms with Crippen LogP contribution < -0.4 is 10.2 Å². The highest BCUT2D eigenvalue weighted by molar-refractivity contribution is 7.91. The molecule has 0 bridgehead atoms. The van der Waals surface area contributed by atoms with E-state index in [1.165, 1.54) is 0 Å². The highest BCUT2D eigenvalue weighted by Crippen LogP contribution is 2.24. The summed E-state index contributed by atoms with van der Waals surface area (Å²) in [6, 6.07) is 9.20. The number of benzene rings is 1. The Morgan fingerprint density at radius 3 is 2.52 bits per heavy atom. The normalized spacial score (nSPS) is 18.3. The fourth-order valence-electron chi connectivity index (χ4n) is 3.60. The summed E-state index contributed by atoms with van der Waals surface area (Å²) in [5.41, 5.74) is 3.42. The third-order valence-corrected chi connectivity index (χ3v) is 6.52. The van der Waals surface area contributed by atoms with Crippen molar-refractivity contribution in [2.45, 2.75) is 33.2 Å². The van der Waals surface area contributed by atoms with E-state index in [-0.39, 0.29) is 23.5 Å². The van der Waals surface area contributed by atoms with Gasteiger partial charge in [-0.2, -0.15) is 0 Å². The summed E-state index contributed by atoms with van der Waals surface area (Å²) in [6.45, 7) is 6.58. The van der Waals surface area contributed by atoms with Crippen molar-refractivity contribution in [1.29, 1.82) is 0 Å². The van der Waals surface area contributed by atoms with Gasteiger partial charge in [0.1, 0.15) is 5.82 Å². The number of aromatic nitrogens is 1. The van der Waals surface area contributed by atoms with Gasteiger partial charge < -0.3 is 10.2 Å². The molecule has 1 atom stereocenters. The van der Waals surface area contributed by atoms with Crippen molar-refractivity contribution in [3.8, 4) is 0 Å². The topological polar surface area (TPSA) is 79.4 Å². The second kappa shape index (κ2) is 7.68. The zero-order valence-corrected chi connectivity index (χ0v) is 16.7. The Balaban J connectivity index is 1.80. The molecular weight excluding hydrogens is 362 g/mol. The third-order valence-electron chi connectivity index (χ3n) is 4.77. The van der Waals surface area contributed by atoms with E-state index in [0.29, 0.717) is 24.3 Å². The van der Waals surface area contributed by atoms with E-state index >= 15 is 0 Å². The van der Waals surface area contributed by atoms with E-state index in [2.05, 4.69) is 16.4 Å². The van der Waals surface area contributed by atoms with Crippen LogP contribution in [-0.4, -0.2) is 43.4 Å². The summed E-state index contributed by atoms with van der Waals surface area (Å²) < 4.78 is 23.6. The number of rotatable bonds is 5. The second-order valence-electron chi connectivity index (χ2n) is 7.08. The molecular formula is C20H25N3O3S. The fourth-order valence-corrected chi connectivity index (χ4v) is 5.33. The van der Waals surface area contributed by atoms with Crippen molar-refractivity contribution in [1.82, 2.24) is 4.98 Å². The highest BCUT2D eigenvalue weighted by atomic mass is 32.2. The van der Waals surface area contributed by atoms with Crippen LogP contribution >= 0.6 is 0 Å². The molecule has 1 amide bonds. The number of carbonyl (C=O) groups excluding carboxylic acids is 1. The summed E-state index contributed by atoms with van der Waals surface area (Å²) in [5.74, 6) is 0.772. The minimum absolute atomic E-state index is 0.0924. The Labute approximate surface area is 160 Å². The molecule has 1 fully saturated rings. The molecule has 2 heterocycles. The minimum atomic E-state index is -2.98. The second-order valence-corrected chi connectivity index (χ2v) is 9.30. The van der Waals surface area contributed by atoms with Crippen LogP contribution in [0.3, 0.4) is 0 Å². The van der Waals surface area contributed by atoms with Gasteiger partial charge in [0.25, 0.3) is 5.91 Å². The maximum absolute atomic E-state index is 12.7. The molecule has 0 aliphatic carbocycles. The van der Waals surface area contributed by atoms with Gasteiger partial charge in [-0.05, 0) is 62.6 Å². The molecule has 0 spiro atoms. The van der Waals surface area contributed by atoms with Crippen molar-refractivity contribution in [2.24, 2.45) is 0 Å². The lowest BCUT2D eigenvalue weighted by atomic mass is 10.1. The van der Waals surface area contributed by atoms with E-state index in [0.717, 1.165) is 16.8 Å². The third kappa shape index (κ3) is 4.66. The first-order valence-electron chi connectivity index (χ1n) is 9.10. The maximum Gasteiger partial charge on any atom is 0.255 e. The van der Waals surface area contributed by atoms with Gasteiger partial charge in [0, 0.05) is 30.0 Å². The molecule has 7 heteroatoms. The van der Waals surface area contributed by atoms with Crippen molar-refractivity contribution in [2.75, 3.05) is 28.3 Å². The number of nitrogens with zero attached hydrogens (tertiary/aromatic N) is 2. The number of hydrogen-bond acceptors (Lipinski definition) is 5. The molecule has 1 saturated heterocycles. The molecule has 27 heavy (non-hydrogen) atoms. The number of carbonyl (C=O) groups is 1. The van der Waals surface area contributed by atoms with E-state index in [1.54, 1.807) is 18.3 Å². The number of nitrogens with one attached hydrogen (secondary N) is 1. The summed E-state index contributed by atoms with van der Waals surface area (Å²) >= 11 is 0. The summed E-state index contributed by atoms with van der Waals surface area (Å²) in [6.07, 6.45) is 2.19. The van der Waals surface area contributed by atoms with Crippen LogP contribution in [0.25, 0.3) is 0 Å². The molecule has 1 aromatic carbocycles. The minimum Gasteiger partial charge on any atom is -0.353 e. The Morgan fingerprint density at radius 2 is 1.93 bits per heavy atom. The number of anilines is 2. The molecule has 1 N–H and O–H groups in total. The SMILES string of the molecule is CCN(c1cc(C(=O)Nc2cc(C)cc(C)c2)ccn1)C1CCS(=O)(=O)C1. The predicted octanol–water partition coefficient (Wildman–Crippen LogP) is 2.96. The first-order chi connectivity index (χ1) is 12.8. The number of hydrogen-bond donors (Lipinski definition) is 1. The quantitative estimate of drug-likeness (QED) is 0.853. The van der Waals surface area contributed by atoms with Gasteiger partial charge >= 0.3 is 0 Å². The lowest BCUT2D eigenvalue weighted by molar-refractivity contribution is 0.102. The lowest BCUT2D eigenvalue weighted by Gasteiger charge is -2.28. The molecule has 1 aliphatic heterocycles. The van der Waals surface area contributed by atoms with Crippen molar-refractivity contribution >= 4 is 27.2 Å². The molecule has 2 aromatic rings. The summed E-state index contributed by atoms with van der Waals surface area (Å²) in [7, 11) is -2.98. The molecule has 144 valence electrons. The highest BCUT2D eigenvalue weighted by Gasteiger charge is 2.32. The van der Waals surface area contributed by atoms with E-state index in [4.69, 9.17) is 0 Å². The number of sulfone groups is 1. The predicted molar refractivity (Wildman–Crippen MR) is 108 cm³/mol. The Kier molecular flexibility index (Phi) is 5.51. The first kappa shape index (κ1) is 19.4. The van der Waals surface area contributed by atoms with Crippen molar-refractivity contribution < 1.29 is 13.2 Å². The van der Waals surface area contributed by atoms with Crippen LogP contribution in [0.4, 0.5) is 11.5 Å². The van der Waals surface area contributed by atoms with Crippen LogP contribution in [0.5, 0.6) is 0 Å². The fraction of sp³-hybridized carbons (Fsp3) is 0.400. The molecule has 1 aromatic heterocycles. The van der Waals surface area contributed by atoms with Gasteiger partial charge in [-0.25, -0.2) is 13.4 Å². The Morgan fingerprint density at radius 1 is 1.22 bits per heavy atom. The van der Waals surface area contributed by atoms with Crippen molar-refractivity contribution in [3.05, 3.63) is 53.2 Å². The van der Waals surface area contributed by atoms with Crippen LogP contribution in [0.2, 0.25) is 0 Å². The standard InChI is InChI=1S/C20H25N3O3S/c1-4-23(18-6-8-27(25,26)13-18)19-12-16(5-7-21-19)20(24)22-17-10-14(2)9-15(3)11-17/h5,7,9-12,18H,4,6,8,13H2,1-3H3,(H,22,24). The van der Waals surface area contributed by atoms with Crippen LogP contribution in [-0.2, 0) is 9.84 Å². The Bertz CT molecular complexity index is 936. The largest absolute Gasteiger partial charge is 0.353 e. The first-order valence-corrected chi connectivity index (χ1v) is 10.9. The smallest absolute Gasteiger partial charge is 0.255 e. The number of pyridine rings is 1. The molecule has 6 nitrogen and oxygen atoms in total. The molecule has 1 unspecified atom stereocenters. The molecule has 1 aliphatic rings. The maximum atomic E-state index is 12.7. The average molecular weight is 388 g/mol. The number of amides is 1. The van der Waals surface area contributed by atoms with Gasteiger partial charge in [0.15, 0.2) is 9.84 Å². The monoisotopic (exact) mass is 387 g/mol. The Hall–Kier alpha value is -2.41. The summed E-state index contributed by atoms with van der Waals surface area (Å²) in [4.78, 5) is 19.0. The molecule has 0 radical (unpaired) electrons. The zero-order chi connectivity index (χ0) is 19.6. The van der Waals surface area contributed by atoms with Gasteiger partial charge in [-0.1, -0.05) is 6.07 Å². The molecule has 3 rings (SSSR count). The summed E-state index contributed by atoms with van der Waals surface area (Å²) in [5, 5.41) is 2.93. The number of aryl methyl sites for hydroxylation is 2. The molecule has 0 saturated carbocycles. The van der Waals surface area contributed by atoms with Gasteiger partial charge in [-0.15, -0.1) is 0 Å².